The molecule has 8 heteroatoms. The van der Waals surface area contributed by atoms with Crippen LogP contribution in [0.25, 0.3) is 22.3 Å². The molecule has 0 spiro atoms. The monoisotopic (exact) mass is 785 g/mol. The van der Waals surface area contributed by atoms with Gasteiger partial charge >= 0.3 is 7.69 Å². The van der Waals surface area contributed by atoms with Crippen molar-refractivity contribution in [3.05, 3.63) is 142 Å². The average Bonchev–Trinajstić information content (AvgIpc) is 2.96. The van der Waals surface area contributed by atoms with E-state index in [9.17, 15) is 0 Å². The van der Waals surface area contributed by atoms with Crippen LogP contribution < -0.4 is 4.65 Å². The van der Waals surface area contributed by atoms with Crippen LogP contribution >= 0.6 is 66.7 Å². The van der Waals surface area contributed by atoms with Gasteiger partial charge in [-0.1, -0.05) is 90.9 Å². The van der Waals surface area contributed by atoms with E-state index in [-0.39, 0.29) is 0 Å². The normalized spacial score (nSPS) is 10.3. The minimum absolute atomic E-state index is 0.608. The number of rotatable bonds is 4. The largest absolute Gasteiger partial charge is 0.569 e. The van der Waals surface area contributed by atoms with Crippen molar-refractivity contribution in [3.63, 3.8) is 0 Å². The van der Waals surface area contributed by atoms with Gasteiger partial charge in [0.15, 0.2) is 0 Å². The third-order valence-corrected chi connectivity index (χ3v) is 9.70. The SMILES string of the molecule is Cc1cc(Br)c(C)cc1Br.Cc1cc(Cl)ccc1-c1cc(C)c(-c2ccc(Cl)cc2C)cc1C.Cc1cc(Cl)ccc1O[B]O. The molecule has 0 atom stereocenters. The van der Waals surface area contributed by atoms with Gasteiger partial charge in [-0.15, -0.1) is 0 Å². The second-order valence-corrected chi connectivity index (χ2v) is 13.9. The highest BCUT2D eigenvalue weighted by atomic mass is 79.9. The lowest BCUT2D eigenvalue weighted by Crippen LogP contribution is -2.00. The molecule has 0 amide bonds. The van der Waals surface area contributed by atoms with Crippen molar-refractivity contribution in [2.75, 3.05) is 0 Å². The lowest BCUT2D eigenvalue weighted by atomic mass is 9.89. The highest BCUT2D eigenvalue weighted by molar-refractivity contribution is 9.11. The van der Waals surface area contributed by atoms with Crippen LogP contribution in [-0.4, -0.2) is 12.7 Å². The van der Waals surface area contributed by atoms with Gasteiger partial charge < -0.3 is 9.68 Å². The molecule has 0 aliphatic carbocycles. The molecule has 0 aliphatic heterocycles. The number of benzene rings is 5. The predicted molar refractivity (Wildman–Crippen MR) is 202 cm³/mol. The van der Waals surface area contributed by atoms with Gasteiger partial charge in [0.1, 0.15) is 5.75 Å². The summed E-state index contributed by atoms with van der Waals surface area (Å²) in [4.78, 5) is 0. The standard InChI is InChI=1S/C22H20Cl2.C8H8Br2.C7H7BClO2/c1-13-9-17(23)5-7-19(13)21-11-16(4)22(12-15(21)3)20-8-6-18(24)10-14(20)2;1-5-3-8(10)6(2)4-7(5)9;1-5-4-6(9)2-3-7(5)11-8-10/h5-12H,1-4H3;3-4H,1-2H3;2-4,10H,1H3. The lowest BCUT2D eigenvalue weighted by molar-refractivity contribution is 0.452. The predicted octanol–water partition coefficient (Wildman–Crippen LogP) is 12.9. The first-order chi connectivity index (χ1) is 21.2. The van der Waals surface area contributed by atoms with Crippen LogP contribution in [0.2, 0.25) is 15.1 Å². The van der Waals surface area contributed by atoms with E-state index in [1.807, 2.05) is 31.2 Å². The Morgan fingerprint density at radius 1 is 0.467 bits per heavy atom. The van der Waals surface area contributed by atoms with Crippen LogP contribution in [0.1, 0.15) is 38.9 Å². The molecule has 0 saturated heterocycles. The van der Waals surface area contributed by atoms with E-state index < -0.39 is 0 Å². The molecule has 0 heterocycles. The zero-order valence-corrected chi connectivity index (χ0v) is 31.8. The summed E-state index contributed by atoms with van der Waals surface area (Å²) in [5.74, 6) is 0.608. The molecular formula is C37H35BBr2Cl3O2. The van der Waals surface area contributed by atoms with E-state index in [4.69, 9.17) is 44.5 Å². The van der Waals surface area contributed by atoms with Gasteiger partial charge in [0.25, 0.3) is 0 Å². The lowest BCUT2D eigenvalue weighted by Gasteiger charge is -2.16. The van der Waals surface area contributed by atoms with Gasteiger partial charge in [0.05, 0.1) is 0 Å². The van der Waals surface area contributed by atoms with Crippen molar-refractivity contribution in [1.29, 1.82) is 0 Å². The molecule has 0 unspecified atom stereocenters. The van der Waals surface area contributed by atoms with Crippen LogP contribution in [-0.2, 0) is 0 Å². The van der Waals surface area contributed by atoms with Gasteiger partial charge in [-0.2, -0.15) is 0 Å². The quantitative estimate of drug-likeness (QED) is 0.184. The van der Waals surface area contributed by atoms with E-state index in [1.54, 1.807) is 18.2 Å². The van der Waals surface area contributed by atoms with Gasteiger partial charge in [0.2, 0.25) is 0 Å². The summed E-state index contributed by atoms with van der Waals surface area (Å²) in [6.45, 7) is 14.5. The van der Waals surface area contributed by atoms with Crippen molar-refractivity contribution in [3.8, 4) is 28.0 Å². The fourth-order valence-corrected chi connectivity index (χ4v) is 6.40. The average molecular weight is 789 g/mol. The molecule has 5 aromatic rings. The summed E-state index contributed by atoms with van der Waals surface area (Å²) in [5, 5.41) is 10.5. The molecule has 45 heavy (non-hydrogen) atoms. The summed E-state index contributed by atoms with van der Waals surface area (Å²) in [6.07, 6.45) is 0. The van der Waals surface area contributed by atoms with Crippen LogP contribution in [0.5, 0.6) is 5.75 Å². The summed E-state index contributed by atoms with van der Waals surface area (Å²) in [7, 11) is 0.649. The fourth-order valence-electron chi connectivity index (χ4n) is 4.80. The molecule has 1 N–H and O–H groups in total. The Morgan fingerprint density at radius 3 is 1.18 bits per heavy atom. The van der Waals surface area contributed by atoms with Gasteiger partial charge in [-0.25, -0.2) is 0 Å². The Kier molecular flexibility index (Phi) is 14.1. The van der Waals surface area contributed by atoms with Crippen molar-refractivity contribution in [2.45, 2.75) is 48.5 Å². The van der Waals surface area contributed by atoms with Crippen molar-refractivity contribution in [1.82, 2.24) is 0 Å². The molecule has 5 rings (SSSR count). The zero-order chi connectivity index (χ0) is 33.4. The first-order valence-corrected chi connectivity index (χ1v) is 16.9. The van der Waals surface area contributed by atoms with E-state index in [0.717, 1.165) is 15.6 Å². The van der Waals surface area contributed by atoms with E-state index in [1.165, 1.54) is 64.6 Å². The topological polar surface area (TPSA) is 29.5 Å². The maximum Gasteiger partial charge on any atom is 0.569 e. The highest BCUT2D eigenvalue weighted by Crippen LogP contribution is 2.35. The number of aryl methyl sites for hydroxylation is 7. The molecular weight excluding hydrogens is 753 g/mol. The highest BCUT2D eigenvalue weighted by Gasteiger charge is 2.12. The van der Waals surface area contributed by atoms with Crippen LogP contribution in [0.15, 0.2) is 87.8 Å². The summed E-state index contributed by atoms with van der Waals surface area (Å²) >= 11 is 24.8. The maximum absolute atomic E-state index is 8.33. The maximum atomic E-state index is 8.33. The second-order valence-electron chi connectivity index (χ2n) is 10.9. The Balaban J connectivity index is 0.000000217. The number of halogens is 5. The third kappa shape index (κ3) is 10.4. The number of hydrogen-bond acceptors (Lipinski definition) is 2. The summed E-state index contributed by atoms with van der Waals surface area (Å²) in [6, 6.07) is 26.1. The molecule has 0 saturated carbocycles. The van der Waals surface area contributed by atoms with Crippen molar-refractivity contribution >= 4 is 74.3 Å². The summed E-state index contributed by atoms with van der Waals surface area (Å²) in [5.41, 5.74) is 13.3. The second kappa shape index (κ2) is 17.1. The van der Waals surface area contributed by atoms with Crippen LogP contribution in [0.3, 0.4) is 0 Å². The molecule has 2 nitrogen and oxygen atoms in total. The fraction of sp³-hybridized carbons (Fsp3) is 0.189. The molecule has 0 aromatic heterocycles. The minimum Gasteiger partial charge on any atom is -0.537 e. The third-order valence-electron chi connectivity index (χ3n) is 7.29. The molecule has 0 bridgehead atoms. The number of hydrogen-bond donors (Lipinski definition) is 1. The molecule has 233 valence electrons. The van der Waals surface area contributed by atoms with Crippen LogP contribution in [0.4, 0.5) is 0 Å². The van der Waals surface area contributed by atoms with E-state index in [2.05, 4.69) is 110 Å². The summed E-state index contributed by atoms with van der Waals surface area (Å²) < 4.78 is 7.11. The van der Waals surface area contributed by atoms with Crippen molar-refractivity contribution in [2.24, 2.45) is 0 Å². The molecule has 0 fully saturated rings. The minimum atomic E-state index is 0.608. The Hall–Kier alpha value is -2.25. The Morgan fingerprint density at radius 2 is 0.822 bits per heavy atom. The Labute approximate surface area is 300 Å². The molecule has 1 radical (unpaired) electrons. The first kappa shape index (κ1) is 37.2. The van der Waals surface area contributed by atoms with Crippen molar-refractivity contribution < 1.29 is 9.68 Å². The molecule has 5 aromatic carbocycles. The van der Waals surface area contributed by atoms with Gasteiger partial charge in [-0.3, -0.25) is 0 Å². The first-order valence-electron chi connectivity index (χ1n) is 14.2. The van der Waals surface area contributed by atoms with Gasteiger partial charge in [0, 0.05) is 24.0 Å². The Bertz CT molecular complexity index is 1680. The zero-order valence-electron chi connectivity index (χ0n) is 26.3. The molecule has 0 aliphatic rings. The van der Waals surface area contributed by atoms with E-state index >= 15 is 0 Å². The van der Waals surface area contributed by atoms with E-state index in [0.29, 0.717) is 18.5 Å². The van der Waals surface area contributed by atoms with Crippen LogP contribution in [0, 0.1) is 48.5 Å². The smallest absolute Gasteiger partial charge is 0.537 e. The van der Waals surface area contributed by atoms with Gasteiger partial charge in [-0.05, 0) is 164 Å².